The minimum absolute atomic E-state index is 0.0660. The Morgan fingerprint density at radius 1 is 1.64 bits per heavy atom. The molecule has 0 aromatic rings. The first kappa shape index (κ1) is 10.8. The Bertz CT molecular complexity index is 310. The lowest BCUT2D eigenvalue weighted by Gasteiger charge is -2.29. The van der Waals surface area contributed by atoms with Crippen LogP contribution in [0.1, 0.15) is 27.2 Å². The maximum absolute atomic E-state index is 11.8. The van der Waals surface area contributed by atoms with E-state index in [9.17, 15) is 4.79 Å². The number of carbonyl (C=O) groups excluding carboxylic acids is 1. The van der Waals surface area contributed by atoms with E-state index in [1.807, 2.05) is 6.07 Å². The van der Waals surface area contributed by atoms with Crippen LogP contribution in [-0.4, -0.2) is 23.9 Å². The molecule has 0 fully saturated rings. The molecule has 3 nitrogen and oxygen atoms in total. The van der Waals surface area contributed by atoms with Gasteiger partial charge in [0.15, 0.2) is 0 Å². The van der Waals surface area contributed by atoms with Crippen molar-refractivity contribution < 1.29 is 4.79 Å². The van der Waals surface area contributed by atoms with Gasteiger partial charge in [0, 0.05) is 13.1 Å². The molecule has 0 saturated heterocycles. The standard InChI is InChI=1S/C11H16N2O/c1-9-4-6-13(7-5-9)10(14)11(2,3)8-12/h4H,5-7H2,1-3H3. The van der Waals surface area contributed by atoms with E-state index in [0.717, 1.165) is 13.0 Å². The minimum atomic E-state index is -0.890. The largest absolute Gasteiger partial charge is 0.337 e. The van der Waals surface area contributed by atoms with E-state index in [-0.39, 0.29) is 5.91 Å². The molecular weight excluding hydrogens is 176 g/mol. The third-order valence-electron chi connectivity index (χ3n) is 2.54. The van der Waals surface area contributed by atoms with Crippen LogP contribution in [0.4, 0.5) is 0 Å². The first-order valence-corrected chi connectivity index (χ1v) is 4.83. The van der Waals surface area contributed by atoms with Crippen LogP contribution in [-0.2, 0) is 4.79 Å². The van der Waals surface area contributed by atoms with E-state index in [1.165, 1.54) is 5.57 Å². The Hall–Kier alpha value is -1.30. The molecule has 3 heteroatoms. The van der Waals surface area contributed by atoms with E-state index in [0.29, 0.717) is 6.54 Å². The zero-order chi connectivity index (χ0) is 10.8. The summed E-state index contributed by atoms with van der Waals surface area (Å²) in [6, 6.07) is 2.04. The fourth-order valence-corrected chi connectivity index (χ4v) is 1.40. The van der Waals surface area contributed by atoms with Gasteiger partial charge >= 0.3 is 0 Å². The molecule has 1 aliphatic heterocycles. The Kier molecular flexibility index (Phi) is 2.95. The van der Waals surface area contributed by atoms with Crippen LogP contribution >= 0.6 is 0 Å². The maximum Gasteiger partial charge on any atom is 0.242 e. The van der Waals surface area contributed by atoms with E-state index >= 15 is 0 Å². The quantitative estimate of drug-likeness (QED) is 0.594. The molecule has 1 heterocycles. The van der Waals surface area contributed by atoms with E-state index in [4.69, 9.17) is 5.26 Å². The number of nitrogens with zero attached hydrogens (tertiary/aromatic N) is 2. The Morgan fingerprint density at radius 2 is 2.29 bits per heavy atom. The molecule has 1 amide bonds. The summed E-state index contributed by atoms with van der Waals surface area (Å²) in [7, 11) is 0. The third-order valence-corrected chi connectivity index (χ3v) is 2.54. The summed E-state index contributed by atoms with van der Waals surface area (Å²) < 4.78 is 0. The van der Waals surface area contributed by atoms with E-state index < -0.39 is 5.41 Å². The van der Waals surface area contributed by atoms with Crippen molar-refractivity contribution >= 4 is 5.91 Å². The molecule has 0 atom stereocenters. The summed E-state index contributed by atoms with van der Waals surface area (Å²) in [5, 5.41) is 8.83. The second kappa shape index (κ2) is 3.83. The Balaban J connectivity index is 2.70. The molecule has 0 saturated carbocycles. The van der Waals surface area contributed by atoms with Crippen LogP contribution < -0.4 is 0 Å². The van der Waals surface area contributed by atoms with Crippen LogP contribution in [0.2, 0.25) is 0 Å². The molecule has 1 rings (SSSR count). The molecule has 0 aromatic heterocycles. The van der Waals surface area contributed by atoms with Gasteiger partial charge in [-0.25, -0.2) is 0 Å². The van der Waals surface area contributed by atoms with Gasteiger partial charge in [-0.15, -0.1) is 0 Å². The van der Waals surface area contributed by atoms with Crippen LogP contribution in [0.3, 0.4) is 0 Å². The summed E-state index contributed by atoms with van der Waals surface area (Å²) in [6.07, 6.45) is 2.97. The van der Waals surface area contributed by atoms with Crippen molar-refractivity contribution in [3.8, 4) is 6.07 Å². The van der Waals surface area contributed by atoms with Crippen LogP contribution in [0.15, 0.2) is 11.6 Å². The van der Waals surface area contributed by atoms with E-state index in [2.05, 4.69) is 13.0 Å². The van der Waals surface area contributed by atoms with Gasteiger partial charge < -0.3 is 4.90 Å². The van der Waals surface area contributed by atoms with E-state index in [1.54, 1.807) is 18.7 Å². The number of hydrogen-bond acceptors (Lipinski definition) is 2. The van der Waals surface area contributed by atoms with Gasteiger partial charge in [-0.1, -0.05) is 11.6 Å². The molecular formula is C11H16N2O. The smallest absolute Gasteiger partial charge is 0.242 e. The van der Waals surface area contributed by atoms with Crippen molar-refractivity contribution in [1.82, 2.24) is 4.90 Å². The summed E-state index contributed by atoms with van der Waals surface area (Å²) in [6.45, 7) is 6.79. The van der Waals surface area contributed by atoms with Gasteiger partial charge in [0.05, 0.1) is 6.07 Å². The number of rotatable bonds is 1. The molecule has 1 aliphatic rings. The van der Waals surface area contributed by atoms with Crippen molar-refractivity contribution in [2.24, 2.45) is 5.41 Å². The number of nitriles is 1. The fourth-order valence-electron chi connectivity index (χ4n) is 1.40. The Labute approximate surface area is 85.0 Å². The Morgan fingerprint density at radius 3 is 2.71 bits per heavy atom. The highest BCUT2D eigenvalue weighted by Gasteiger charge is 2.32. The molecule has 14 heavy (non-hydrogen) atoms. The lowest BCUT2D eigenvalue weighted by molar-refractivity contribution is -0.137. The van der Waals surface area contributed by atoms with Gasteiger partial charge in [0.1, 0.15) is 5.41 Å². The molecule has 0 aromatic carbocycles. The van der Waals surface area contributed by atoms with Gasteiger partial charge in [0.25, 0.3) is 0 Å². The maximum atomic E-state index is 11.8. The third kappa shape index (κ3) is 2.14. The lowest BCUT2D eigenvalue weighted by atomic mass is 9.93. The summed E-state index contributed by atoms with van der Waals surface area (Å²) >= 11 is 0. The van der Waals surface area contributed by atoms with Gasteiger partial charge in [-0.05, 0) is 27.2 Å². The molecule has 0 unspecified atom stereocenters. The summed E-state index contributed by atoms with van der Waals surface area (Å²) in [5.41, 5.74) is 0.433. The van der Waals surface area contributed by atoms with Crippen molar-refractivity contribution in [3.63, 3.8) is 0 Å². The molecule has 0 aliphatic carbocycles. The molecule has 0 N–H and O–H groups in total. The SMILES string of the molecule is CC1=CCN(C(=O)C(C)(C)C#N)CC1. The zero-order valence-electron chi connectivity index (χ0n) is 9.00. The van der Waals surface area contributed by atoms with Crippen LogP contribution in [0.5, 0.6) is 0 Å². The lowest BCUT2D eigenvalue weighted by Crippen LogP contribution is -2.42. The van der Waals surface area contributed by atoms with Crippen LogP contribution in [0, 0.1) is 16.7 Å². The van der Waals surface area contributed by atoms with Gasteiger partial charge in [-0.2, -0.15) is 5.26 Å². The van der Waals surface area contributed by atoms with Gasteiger partial charge in [-0.3, -0.25) is 4.79 Å². The van der Waals surface area contributed by atoms with Crippen molar-refractivity contribution in [2.75, 3.05) is 13.1 Å². The fraction of sp³-hybridized carbons (Fsp3) is 0.636. The number of amides is 1. The van der Waals surface area contributed by atoms with Crippen molar-refractivity contribution in [1.29, 1.82) is 5.26 Å². The average molecular weight is 192 g/mol. The first-order valence-electron chi connectivity index (χ1n) is 4.83. The minimum Gasteiger partial charge on any atom is -0.337 e. The highest BCUT2D eigenvalue weighted by Crippen LogP contribution is 2.20. The van der Waals surface area contributed by atoms with Crippen LogP contribution in [0.25, 0.3) is 0 Å². The second-order valence-corrected chi connectivity index (χ2v) is 4.29. The van der Waals surface area contributed by atoms with Gasteiger partial charge in [0.2, 0.25) is 5.91 Å². The number of carbonyl (C=O) groups is 1. The summed E-state index contributed by atoms with van der Waals surface area (Å²) in [5.74, 6) is -0.0660. The van der Waals surface area contributed by atoms with Crippen molar-refractivity contribution in [3.05, 3.63) is 11.6 Å². The topological polar surface area (TPSA) is 44.1 Å². The molecule has 0 spiro atoms. The molecule has 0 bridgehead atoms. The highest BCUT2D eigenvalue weighted by molar-refractivity contribution is 5.84. The predicted octanol–water partition coefficient (Wildman–Crippen LogP) is 1.71. The first-order chi connectivity index (χ1) is 6.47. The summed E-state index contributed by atoms with van der Waals surface area (Å²) in [4.78, 5) is 13.6. The predicted molar refractivity (Wildman–Crippen MR) is 54.3 cm³/mol. The normalized spacial score (nSPS) is 17.3. The van der Waals surface area contributed by atoms with Crippen molar-refractivity contribution in [2.45, 2.75) is 27.2 Å². The number of hydrogen-bond donors (Lipinski definition) is 0. The second-order valence-electron chi connectivity index (χ2n) is 4.29. The zero-order valence-corrected chi connectivity index (χ0v) is 9.00. The molecule has 0 radical (unpaired) electrons. The highest BCUT2D eigenvalue weighted by atomic mass is 16.2. The molecule has 76 valence electrons. The average Bonchev–Trinajstić information content (AvgIpc) is 2.18. The monoisotopic (exact) mass is 192 g/mol.